The number of hydrogen-bond donors (Lipinski definition) is 1. The van der Waals surface area contributed by atoms with E-state index in [-0.39, 0.29) is 14.7 Å². The molecule has 0 amide bonds. The third kappa shape index (κ3) is 7.12. The van der Waals surface area contributed by atoms with Crippen LogP contribution in [0.15, 0.2) is 111 Å². The van der Waals surface area contributed by atoms with Gasteiger partial charge in [-0.05, 0) is 36.4 Å². The summed E-state index contributed by atoms with van der Waals surface area (Å²) >= 11 is 0. The van der Waals surface area contributed by atoms with Gasteiger partial charge in [0.2, 0.25) is 0 Å². The second-order valence-electron chi connectivity index (χ2n) is 6.45. The van der Waals surface area contributed by atoms with Gasteiger partial charge in [-0.15, -0.1) is 0 Å². The zero-order valence-electron chi connectivity index (χ0n) is 18.0. The molecule has 0 radical (unpaired) electrons. The maximum Gasteiger partial charge on any atom is 0.631 e. The first-order valence-electron chi connectivity index (χ1n) is 9.60. The van der Waals surface area contributed by atoms with Crippen molar-refractivity contribution in [1.82, 2.24) is 0 Å². The zero-order chi connectivity index (χ0) is 26.2. The standard InChI is InChI=1S/C21H16N3O9S3/c22-20(32-35(27,28)18-12-6-2-7-13-18)24-21(33-36(29,30)19-14-8-3-9-15-19)23-16-31-34(25,26)17-10-4-1-5-11-17/h1-15,22H/q+1/b22-20?,24-21-. The van der Waals surface area contributed by atoms with Gasteiger partial charge in [-0.2, -0.15) is 25.3 Å². The quantitative estimate of drug-likeness (QED) is 0.210. The molecule has 3 aromatic rings. The summed E-state index contributed by atoms with van der Waals surface area (Å²) in [5.41, 5.74) is 0. The fourth-order valence-corrected chi connectivity index (χ4v) is 4.79. The number of aliphatic imine (C=N–C) groups is 1. The molecule has 0 unspecified atom stereocenters. The van der Waals surface area contributed by atoms with Crippen molar-refractivity contribution in [3.8, 4) is 6.26 Å². The van der Waals surface area contributed by atoms with E-state index in [0.717, 1.165) is 0 Å². The van der Waals surface area contributed by atoms with Crippen LogP contribution in [0.5, 0.6) is 0 Å². The summed E-state index contributed by atoms with van der Waals surface area (Å²) in [6.45, 7) is 0. The second kappa shape index (κ2) is 11.0. The predicted octanol–water partition coefficient (Wildman–Crippen LogP) is 2.78. The molecule has 12 nitrogen and oxygen atoms in total. The highest BCUT2D eigenvalue weighted by Crippen LogP contribution is 2.15. The molecule has 15 heteroatoms. The molecule has 0 aliphatic carbocycles. The van der Waals surface area contributed by atoms with Crippen LogP contribution in [-0.2, 0) is 42.9 Å². The van der Waals surface area contributed by atoms with Crippen LogP contribution < -0.4 is 0 Å². The summed E-state index contributed by atoms with van der Waals surface area (Å²) in [5, 5.41) is 7.72. The van der Waals surface area contributed by atoms with Crippen molar-refractivity contribution in [2.45, 2.75) is 14.7 Å². The Morgan fingerprint density at radius 1 is 0.639 bits per heavy atom. The molecule has 3 rings (SSSR count). The third-order valence-electron chi connectivity index (χ3n) is 3.95. The molecule has 0 fully saturated rings. The average molecular weight is 551 g/mol. The molecule has 0 heterocycles. The van der Waals surface area contributed by atoms with E-state index < -0.39 is 42.4 Å². The van der Waals surface area contributed by atoms with Crippen molar-refractivity contribution in [3.63, 3.8) is 0 Å². The van der Waals surface area contributed by atoms with Crippen LogP contribution in [0, 0.1) is 11.7 Å². The summed E-state index contributed by atoms with van der Waals surface area (Å²) in [6, 6.07) is 17.8. The molecular weight excluding hydrogens is 534 g/mol. The molecule has 0 bridgehead atoms. The van der Waals surface area contributed by atoms with Gasteiger partial charge in [0.25, 0.3) is 0 Å². The topological polar surface area (TPSA) is 171 Å². The Hall–Kier alpha value is -4.26. The molecule has 0 aliphatic rings. The van der Waals surface area contributed by atoms with Crippen LogP contribution in [0.4, 0.5) is 0 Å². The molecular formula is C21H16N3O9S3+. The van der Waals surface area contributed by atoms with Gasteiger partial charge >= 0.3 is 48.7 Å². The minimum Gasteiger partial charge on any atom is -0.319 e. The van der Waals surface area contributed by atoms with E-state index in [1.54, 1.807) is 24.5 Å². The Bertz CT molecular complexity index is 1650. The first-order valence-corrected chi connectivity index (χ1v) is 13.8. The molecule has 36 heavy (non-hydrogen) atoms. The van der Waals surface area contributed by atoms with Crippen molar-refractivity contribution in [2.24, 2.45) is 4.99 Å². The molecule has 0 spiro atoms. The van der Waals surface area contributed by atoms with Crippen molar-refractivity contribution in [2.75, 3.05) is 0 Å². The van der Waals surface area contributed by atoms with Gasteiger partial charge in [-0.25, -0.2) is 5.41 Å². The molecule has 186 valence electrons. The fourth-order valence-electron chi connectivity index (χ4n) is 2.38. The minimum atomic E-state index is -4.59. The van der Waals surface area contributed by atoms with Crippen LogP contribution in [0.25, 0.3) is 4.85 Å². The first kappa shape index (κ1) is 26.3. The molecule has 0 aromatic heterocycles. The zero-order valence-corrected chi connectivity index (χ0v) is 20.4. The minimum absolute atomic E-state index is 0.256. The summed E-state index contributed by atoms with van der Waals surface area (Å²) in [4.78, 5) is 5.65. The Kier molecular flexibility index (Phi) is 8.04. The second-order valence-corrected chi connectivity index (χ2v) is 11.1. The van der Waals surface area contributed by atoms with Gasteiger partial charge in [0.05, 0.1) is 4.99 Å². The van der Waals surface area contributed by atoms with E-state index in [1.807, 2.05) is 0 Å². The van der Waals surface area contributed by atoms with E-state index >= 15 is 0 Å². The molecule has 0 aliphatic heterocycles. The van der Waals surface area contributed by atoms with Gasteiger partial charge in [-0.1, -0.05) is 59.4 Å². The summed E-state index contributed by atoms with van der Waals surface area (Å²) in [5.74, 6) is 0. The van der Waals surface area contributed by atoms with E-state index in [9.17, 15) is 25.3 Å². The highest BCUT2D eigenvalue weighted by atomic mass is 32.2. The van der Waals surface area contributed by atoms with Crippen molar-refractivity contribution < 1.29 is 37.8 Å². The lowest BCUT2D eigenvalue weighted by Gasteiger charge is -2.02. The Morgan fingerprint density at radius 3 is 1.47 bits per heavy atom. The highest BCUT2D eigenvalue weighted by Gasteiger charge is 2.29. The van der Waals surface area contributed by atoms with Gasteiger partial charge in [0.1, 0.15) is 14.7 Å². The lowest BCUT2D eigenvalue weighted by atomic mass is 10.4. The third-order valence-corrected chi connectivity index (χ3v) is 7.54. The maximum atomic E-state index is 12.5. The molecule has 0 atom stereocenters. The SMILES string of the molecule is N=C(/N=C(/[N+]#COS(=O)(=O)c1ccccc1)OS(=O)(=O)c1ccccc1)OS(=O)(=O)c1ccccc1. The lowest BCUT2D eigenvalue weighted by Crippen LogP contribution is -2.16. The van der Waals surface area contributed by atoms with Crippen molar-refractivity contribution in [3.05, 3.63) is 95.8 Å². The Labute approximate surface area is 207 Å². The number of nitrogens with zero attached hydrogens (tertiary/aromatic N) is 2. The number of benzene rings is 3. The number of hydrogen-bond acceptors (Lipinski definition) is 10. The van der Waals surface area contributed by atoms with Crippen LogP contribution >= 0.6 is 0 Å². The fraction of sp³-hybridized carbons (Fsp3) is 0. The van der Waals surface area contributed by atoms with Crippen molar-refractivity contribution in [1.29, 1.82) is 5.41 Å². The largest absolute Gasteiger partial charge is 0.631 e. The van der Waals surface area contributed by atoms with Crippen LogP contribution in [-0.4, -0.2) is 37.3 Å². The number of nitrogens with one attached hydrogen (secondary N) is 1. The Balaban J connectivity index is 1.91. The van der Waals surface area contributed by atoms with Crippen LogP contribution in [0.2, 0.25) is 0 Å². The van der Waals surface area contributed by atoms with E-state index in [1.165, 1.54) is 72.8 Å². The first-order chi connectivity index (χ1) is 17.0. The molecule has 1 N–H and O–H groups in total. The van der Waals surface area contributed by atoms with E-state index in [0.29, 0.717) is 0 Å². The summed E-state index contributed by atoms with van der Waals surface area (Å²) in [7, 11) is -13.5. The number of rotatable bonds is 6. The van der Waals surface area contributed by atoms with Crippen LogP contribution in [0.1, 0.15) is 0 Å². The normalized spacial score (nSPS) is 12.1. The monoisotopic (exact) mass is 550 g/mol. The summed E-state index contributed by atoms with van der Waals surface area (Å²) < 4.78 is 87.8. The lowest BCUT2D eigenvalue weighted by molar-refractivity contribution is 0.463. The highest BCUT2D eigenvalue weighted by molar-refractivity contribution is 7.87. The average Bonchev–Trinajstić information content (AvgIpc) is 2.85. The number of amidine groups is 2. The van der Waals surface area contributed by atoms with Gasteiger partial charge in [0.15, 0.2) is 0 Å². The maximum absolute atomic E-state index is 12.5. The molecule has 0 saturated carbocycles. The van der Waals surface area contributed by atoms with Crippen molar-refractivity contribution >= 4 is 42.4 Å². The van der Waals surface area contributed by atoms with E-state index in [2.05, 4.69) is 18.2 Å². The Morgan fingerprint density at radius 2 is 1.03 bits per heavy atom. The van der Waals surface area contributed by atoms with Gasteiger partial charge in [-0.3, -0.25) is 8.37 Å². The molecule has 0 saturated heterocycles. The van der Waals surface area contributed by atoms with E-state index in [4.69, 9.17) is 9.59 Å². The van der Waals surface area contributed by atoms with Gasteiger partial charge < -0.3 is 4.18 Å². The van der Waals surface area contributed by atoms with Gasteiger partial charge in [0, 0.05) is 0 Å². The molecule has 3 aromatic carbocycles. The smallest absolute Gasteiger partial charge is 0.319 e. The predicted molar refractivity (Wildman–Crippen MR) is 127 cm³/mol. The van der Waals surface area contributed by atoms with Crippen LogP contribution in [0.3, 0.4) is 0 Å². The summed E-state index contributed by atoms with van der Waals surface area (Å²) in [6.07, 6.45) is 1.61.